The third-order valence-electron chi connectivity index (χ3n) is 5.94. The van der Waals surface area contributed by atoms with Gasteiger partial charge in [-0.2, -0.15) is 0 Å². The van der Waals surface area contributed by atoms with Crippen LogP contribution in [0.25, 0.3) is 0 Å². The van der Waals surface area contributed by atoms with Crippen LogP contribution >= 0.6 is 22.6 Å². The molecule has 0 aliphatic carbocycles. The summed E-state index contributed by atoms with van der Waals surface area (Å²) in [5, 5.41) is 10.4. The standard InChI is InChI=1S/C24H28INO4/c1-24(2)26(22-19-10-6-7-11-20(19)29-15-21(22)30-24)23(28)17(13-18(27)14-25)12-16-8-4-3-5-9-16/h3-11,17-18,21-22,27H,12-15H2,1-2H3/t17-,18+,21-,22+/m1/s1. The first-order chi connectivity index (χ1) is 14.4. The molecule has 0 bridgehead atoms. The first kappa shape index (κ1) is 21.6. The van der Waals surface area contributed by atoms with Crippen molar-refractivity contribution in [3.63, 3.8) is 0 Å². The summed E-state index contributed by atoms with van der Waals surface area (Å²) in [6.45, 7) is 4.31. The van der Waals surface area contributed by atoms with E-state index in [1.807, 2.05) is 73.3 Å². The Bertz CT molecular complexity index is 888. The van der Waals surface area contributed by atoms with E-state index in [4.69, 9.17) is 9.47 Å². The van der Waals surface area contributed by atoms with Crippen molar-refractivity contribution in [3.8, 4) is 5.75 Å². The molecule has 6 heteroatoms. The number of halogens is 1. The smallest absolute Gasteiger partial charge is 0.228 e. The second-order valence-corrected chi connectivity index (χ2v) is 9.42. The minimum atomic E-state index is -0.753. The number of aliphatic hydroxyl groups excluding tert-OH is 1. The number of hydrogen-bond acceptors (Lipinski definition) is 4. The lowest BCUT2D eigenvalue weighted by molar-refractivity contribution is -0.153. The minimum absolute atomic E-state index is 0.0250. The SMILES string of the molecule is CC1(C)O[C@@H]2COc3ccccc3[C@@H]2N1C(=O)[C@H](Cc1ccccc1)C[C@H](O)CI. The normalized spacial score (nSPS) is 23.8. The Hall–Kier alpha value is -1.64. The van der Waals surface area contributed by atoms with Crippen molar-refractivity contribution in [3.05, 3.63) is 65.7 Å². The van der Waals surface area contributed by atoms with Crippen LogP contribution in [0.4, 0.5) is 0 Å². The van der Waals surface area contributed by atoms with E-state index < -0.39 is 11.8 Å². The second kappa shape index (κ2) is 8.85. The number of carbonyl (C=O) groups is 1. The average Bonchev–Trinajstić information content (AvgIpc) is 3.03. The number of hydrogen-bond donors (Lipinski definition) is 1. The molecule has 1 fully saturated rings. The maximum atomic E-state index is 14.0. The fourth-order valence-corrected chi connectivity index (χ4v) is 5.01. The number of fused-ring (bicyclic) bond motifs is 3. The van der Waals surface area contributed by atoms with Gasteiger partial charge < -0.3 is 19.5 Å². The first-order valence-corrected chi connectivity index (χ1v) is 11.9. The Kier molecular flexibility index (Phi) is 6.36. The van der Waals surface area contributed by atoms with Gasteiger partial charge in [0.15, 0.2) is 0 Å². The molecule has 2 aromatic carbocycles. The van der Waals surface area contributed by atoms with Gasteiger partial charge in [0.2, 0.25) is 5.91 Å². The highest BCUT2D eigenvalue weighted by molar-refractivity contribution is 14.1. The molecule has 4 atom stereocenters. The van der Waals surface area contributed by atoms with E-state index in [-0.39, 0.29) is 24.0 Å². The maximum Gasteiger partial charge on any atom is 0.228 e. The molecule has 0 radical (unpaired) electrons. The number of ether oxygens (including phenoxy) is 2. The molecule has 4 rings (SSSR count). The molecule has 1 amide bonds. The van der Waals surface area contributed by atoms with Crippen molar-refractivity contribution in [2.24, 2.45) is 5.92 Å². The van der Waals surface area contributed by atoms with Crippen molar-refractivity contribution in [2.45, 2.75) is 50.7 Å². The van der Waals surface area contributed by atoms with E-state index in [0.29, 0.717) is 23.9 Å². The molecule has 30 heavy (non-hydrogen) atoms. The van der Waals surface area contributed by atoms with Crippen LogP contribution in [0.1, 0.15) is 37.4 Å². The molecule has 1 saturated heterocycles. The van der Waals surface area contributed by atoms with Crippen LogP contribution in [0.15, 0.2) is 54.6 Å². The number of carbonyl (C=O) groups excluding carboxylic acids is 1. The van der Waals surface area contributed by atoms with Crippen molar-refractivity contribution < 1.29 is 19.4 Å². The third kappa shape index (κ3) is 4.22. The molecule has 160 valence electrons. The molecule has 0 aromatic heterocycles. The summed E-state index contributed by atoms with van der Waals surface area (Å²) >= 11 is 2.17. The van der Waals surface area contributed by atoms with Gasteiger partial charge in [0, 0.05) is 15.9 Å². The quantitative estimate of drug-likeness (QED) is 0.459. The third-order valence-corrected chi connectivity index (χ3v) is 6.95. The molecule has 2 heterocycles. The number of rotatable bonds is 6. The second-order valence-electron chi connectivity index (χ2n) is 8.54. The predicted octanol–water partition coefficient (Wildman–Crippen LogP) is 4.13. The topological polar surface area (TPSA) is 59.0 Å². The van der Waals surface area contributed by atoms with Crippen molar-refractivity contribution in [1.29, 1.82) is 0 Å². The molecule has 5 nitrogen and oxygen atoms in total. The van der Waals surface area contributed by atoms with Gasteiger partial charge in [0.25, 0.3) is 0 Å². The largest absolute Gasteiger partial charge is 0.490 e. The molecule has 2 aliphatic rings. The number of nitrogens with zero attached hydrogens (tertiary/aromatic N) is 1. The van der Waals surface area contributed by atoms with Crippen molar-refractivity contribution in [1.82, 2.24) is 4.90 Å². The Morgan fingerprint density at radius 3 is 2.63 bits per heavy atom. The van der Waals surface area contributed by atoms with E-state index in [1.54, 1.807) is 0 Å². The van der Waals surface area contributed by atoms with Gasteiger partial charge in [-0.1, -0.05) is 71.1 Å². The van der Waals surface area contributed by atoms with Crippen molar-refractivity contribution >= 4 is 28.5 Å². The van der Waals surface area contributed by atoms with Gasteiger partial charge in [-0.05, 0) is 38.3 Å². The van der Waals surface area contributed by atoms with Gasteiger partial charge in [-0.25, -0.2) is 0 Å². The highest BCUT2D eigenvalue weighted by Crippen LogP contribution is 2.47. The first-order valence-electron chi connectivity index (χ1n) is 10.4. The van der Waals surface area contributed by atoms with Crippen LogP contribution < -0.4 is 4.74 Å². The summed E-state index contributed by atoms with van der Waals surface area (Å²) in [5.74, 6) is 0.510. The summed E-state index contributed by atoms with van der Waals surface area (Å²) in [6.07, 6.45) is 0.298. The Labute approximate surface area is 191 Å². The highest BCUT2D eigenvalue weighted by atomic mass is 127. The number of para-hydroxylation sites is 1. The summed E-state index contributed by atoms with van der Waals surface area (Å²) in [7, 11) is 0. The lowest BCUT2D eigenvalue weighted by Crippen LogP contribution is -2.49. The lowest BCUT2D eigenvalue weighted by Gasteiger charge is -2.38. The van der Waals surface area contributed by atoms with Crippen LogP contribution in [0, 0.1) is 5.92 Å². The van der Waals surface area contributed by atoms with Gasteiger partial charge >= 0.3 is 0 Å². The summed E-state index contributed by atoms with van der Waals surface area (Å²) in [5.41, 5.74) is 1.33. The summed E-state index contributed by atoms with van der Waals surface area (Å²) in [4.78, 5) is 15.9. The Morgan fingerprint density at radius 1 is 1.20 bits per heavy atom. The van der Waals surface area contributed by atoms with E-state index in [2.05, 4.69) is 22.6 Å². The number of amides is 1. The number of alkyl halides is 1. The molecular weight excluding hydrogens is 493 g/mol. The zero-order valence-corrected chi connectivity index (χ0v) is 19.5. The number of aliphatic hydroxyl groups is 1. The molecule has 0 unspecified atom stereocenters. The maximum absolute atomic E-state index is 14.0. The summed E-state index contributed by atoms with van der Waals surface area (Å²) < 4.78 is 12.8. The van der Waals surface area contributed by atoms with E-state index in [1.165, 1.54) is 0 Å². The molecule has 2 aromatic rings. The van der Waals surface area contributed by atoms with Gasteiger partial charge in [-0.3, -0.25) is 4.79 Å². The Morgan fingerprint density at radius 2 is 1.90 bits per heavy atom. The zero-order valence-electron chi connectivity index (χ0n) is 17.3. The van der Waals surface area contributed by atoms with Crippen LogP contribution in [-0.4, -0.2) is 44.9 Å². The van der Waals surface area contributed by atoms with Crippen LogP contribution in [-0.2, 0) is 16.0 Å². The fraction of sp³-hybridized carbons (Fsp3) is 0.458. The van der Waals surface area contributed by atoms with Gasteiger partial charge in [-0.15, -0.1) is 0 Å². The fourth-order valence-electron chi connectivity index (χ4n) is 4.65. The molecule has 2 aliphatic heterocycles. The summed E-state index contributed by atoms with van der Waals surface area (Å²) in [6, 6.07) is 17.7. The van der Waals surface area contributed by atoms with Gasteiger partial charge in [0.1, 0.15) is 24.2 Å². The van der Waals surface area contributed by atoms with Crippen LogP contribution in [0.3, 0.4) is 0 Å². The molecule has 0 spiro atoms. The zero-order chi connectivity index (χ0) is 21.3. The Balaban J connectivity index is 1.68. The van der Waals surface area contributed by atoms with Crippen LogP contribution in [0.2, 0.25) is 0 Å². The predicted molar refractivity (Wildman–Crippen MR) is 124 cm³/mol. The molecule has 1 N–H and O–H groups in total. The van der Waals surface area contributed by atoms with Gasteiger partial charge in [0.05, 0.1) is 12.1 Å². The average molecular weight is 521 g/mol. The molecular formula is C24H28INO4. The van der Waals surface area contributed by atoms with Crippen molar-refractivity contribution in [2.75, 3.05) is 11.0 Å². The monoisotopic (exact) mass is 521 g/mol. The van der Waals surface area contributed by atoms with E-state index in [9.17, 15) is 9.90 Å². The molecule has 0 saturated carbocycles. The van der Waals surface area contributed by atoms with Crippen LogP contribution in [0.5, 0.6) is 5.75 Å². The number of benzene rings is 2. The van der Waals surface area contributed by atoms with E-state index in [0.717, 1.165) is 16.9 Å². The highest BCUT2D eigenvalue weighted by Gasteiger charge is 2.53. The minimum Gasteiger partial charge on any atom is -0.490 e. The lowest BCUT2D eigenvalue weighted by atomic mass is 9.90. The van der Waals surface area contributed by atoms with E-state index >= 15 is 0 Å².